The van der Waals surface area contributed by atoms with Crippen LogP contribution in [0.25, 0.3) is 0 Å². The standard InChI is InChI=1S/C8H17NS/c1-6(2)8-7(3)9-4-5-10-8/h6-9H,4-5H2,1-3H3. The highest BCUT2D eigenvalue weighted by molar-refractivity contribution is 8.00. The molecule has 60 valence electrons. The van der Waals surface area contributed by atoms with Crippen molar-refractivity contribution in [3.8, 4) is 0 Å². The smallest absolute Gasteiger partial charge is 0.0221 e. The Hall–Kier alpha value is 0.310. The van der Waals surface area contributed by atoms with Gasteiger partial charge in [-0.15, -0.1) is 0 Å². The molecule has 1 fully saturated rings. The zero-order valence-corrected chi connectivity index (χ0v) is 7.87. The van der Waals surface area contributed by atoms with E-state index < -0.39 is 0 Å². The Balaban J connectivity index is 2.40. The van der Waals surface area contributed by atoms with Gasteiger partial charge in [0.1, 0.15) is 0 Å². The van der Waals surface area contributed by atoms with E-state index >= 15 is 0 Å². The first kappa shape index (κ1) is 8.41. The topological polar surface area (TPSA) is 12.0 Å². The maximum Gasteiger partial charge on any atom is 0.0221 e. The first-order chi connectivity index (χ1) is 4.72. The van der Waals surface area contributed by atoms with Gasteiger partial charge in [-0.3, -0.25) is 0 Å². The molecule has 0 aromatic rings. The van der Waals surface area contributed by atoms with Crippen LogP contribution in [0.1, 0.15) is 20.8 Å². The highest BCUT2D eigenvalue weighted by atomic mass is 32.2. The first-order valence-corrected chi connectivity index (χ1v) is 5.11. The van der Waals surface area contributed by atoms with Gasteiger partial charge in [0.2, 0.25) is 0 Å². The van der Waals surface area contributed by atoms with E-state index in [1.54, 1.807) is 0 Å². The van der Waals surface area contributed by atoms with Crippen LogP contribution in [-0.4, -0.2) is 23.6 Å². The van der Waals surface area contributed by atoms with Crippen LogP contribution >= 0.6 is 11.8 Å². The van der Waals surface area contributed by atoms with E-state index in [9.17, 15) is 0 Å². The maximum absolute atomic E-state index is 3.49. The highest BCUT2D eigenvalue weighted by Crippen LogP contribution is 2.25. The lowest BCUT2D eigenvalue weighted by atomic mass is 10.0. The van der Waals surface area contributed by atoms with Crippen LogP contribution in [0.4, 0.5) is 0 Å². The summed E-state index contributed by atoms with van der Waals surface area (Å²) >= 11 is 2.12. The minimum atomic E-state index is 0.707. The monoisotopic (exact) mass is 159 g/mol. The Labute approximate surface area is 68.0 Å². The molecule has 1 aliphatic heterocycles. The first-order valence-electron chi connectivity index (χ1n) is 4.07. The second kappa shape index (κ2) is 3.63. The van der Waals surface area contributed by atoms with Crippen molar-refractivity contribution in [2.24, 2.45) is 5.92 Å². The van der Waals surface area contributed by atoms with Crippen molar-refractivity contribution < 1.29 is 0 Å². The summed E-state index contributed by atoms with van der Waals surface area (Å²) in [7, 11) is 0. The lowest BCUT2D eigenvalue weighted by Gasteiger charge is -2.32. The molecule has 1 saturated heterocycles. The summed E-state index contributed by atoms with van der Waals surface area (Å²) in [5.74, 6) is 2.10. The van der Waals surface area contributed by atoms with Crippen LogP contribution in [0, 0.1) is 5.92 Å². The molecule has 10 heavy (non-hydrogen) atoms. The molecule has 0 amide bonds. The second-order valence-electron chi connectivity index (χ2n) is 3.32. The van der Waals surface area contributed by atoms with Gasteiger partial charge >= 0.3 is 0 Å². The number of rotatable bonds is 1. The second-order valence-corrected chi connectivity index (χ2v) is 4.61. The molecule has 1 aliphatic rings. The van der Waals surface area contributed by atoms with Gasteiger partial charge in [0, 0.05) is 23.6 Å². The fourth-order valence-electron chi connectivity index (χ4n) is 1.51. The highest BCUT2D eigenvalue weighted by Gasteiger charge is 2.23. The van der Waals surface area contributed by atoms with E-state index in [0.29, 0.717) is 6.04 Å². The van der Waals surface area contributed by atoms with Gasteiger partial charge < -0.3 is 5.32 Å². The molecule has 0 aromatic heterocycles. The van der Waals surface area contributed by atoms with E-state index in [4.69, 9.17) is 0 Å². The van der Waals surface area contributed by atoms with Gasteiger partial charge in [-0.05, 0) is 12.8 Å². The normalized spacial score (nSPS) is 34.8. The minimum Gasteiger partial charge on any atom is -0.312 e. The number of nitrogens with one attached hydrogen (secondary N) is 1. The predicted molar refractivity (Wildman–Crippen MR) is 48.5 cm³/mol. The van der Waals surface area contributed by atoms with Crippen LogP contribution in [-0.2, 0) is 0 Å². The molecule has 2 heteroatoms. The van der Waals surface area contributed by atoms with Crippen molar-refractivity contribution in [2.75, 3.05) is 12.3 Å². The molecular weight excluding hydrogens is 142 g/mol. The summed E-state index contributed by atoms with van der Waals surface area (Å²) in [6.45, 7) is 8.09. The van der Waals surface area contributed by atoms with Crippen LogP contribution < -0.4 is 5.32 Å². The molecule has 1 nitrogen and oxygen atoms in total. The summed E-state index contributed by atoms with van der Waals surface area (Å²) in [5.41, 5.74) is 0. The van der Waals surface area contributed by atoms with Gasteiger partial charge in [-0.1, -0.05) is 13.8 Å². The molecule has 0 saturated carbocycles. The van der Waals surface area contributed by atoms with E-state index in [2.05, 4.69) is 37.8 Å². The molecule has 2 unspecified atom stereocenters. The average molecular weight is 159 g/mol. The lowest BCUT2D eigenvalue weighted by molar-refractivity contribution is 0.454. The van der Waals surface area contributed by atoms with Gasteiger partial charge in [0.05, 0.1) is 0 Å². The number of hydrogen-bond acceptors (Lipinski definition) is 2. The zero-order chi connectivity index (χ0) is 7.56. The fraction of sp³-hybridized carbons (Fsp3) is 1.00. The van der Waals surface area contributed by atoms with Gasteiger partial charge in [0.15, 0.2) is 0 Å². The number of hydrogen-bond donors (Lipinski definition) is 1. The predicted octanol–water partition coefficient (Wildman–Crippen LogP) is 1.74. The van der Waals surface area contributed by atoms with Crippen LogP contribution in [0.2, 0.25) is 0 Å². The molecule has 0 aliphatic carbocycles. The quantitative estimate of drug-likeness (QED) is 0.625. The zero-order valence-electron chi connectivity index (χ0n) is 7.05. The van der Waals surface area contributed by atoms with Crippen LogP contribution in [0.5, 0.6) is 0 Å². The van der Waals surface area contributed by atoms with E-state index in [0.717, 1.165) is 11.2 Å². The molecular formula is C8H17NS. The average Bonchev–Trinajstić information content (AvgIpc) is 1.88. The molecule has 1 heterocycles. The van der Waals surface area contributed by atoms with E-state index in [1.165, 1.54) is 12.3 Å². The van der Waals surface area contributed by atoms with E-state index in [1.807, 2.05) is 0 Å². The van der Waals surface area contributed by atoms with Crippen molar-refractivity contribution in [3.63, 3.8) is 0 Å². The Morgan fingerprint density at radius 2 is 2.20 bits per heavy atom. The van der Waals surface area contributed by atoms with Gasteiger partial charge in [0.25, 0.3) is 0 Å². The molecule has 0 aromatic carbocycles. The van der Waals surface area contributed by atoms with Crippen LogP contribution in [0.3, 0.4) is 0 Å². The van der Waals surface area contributed by atoms with Gasteiger partial charge in [-0.25, -0.2) is 0 Å². The fourth-order valence-corrected chi connectivity index (χ4v) is 2.79. The lowest BCUT2D eigenvalue weighted by Crippen LogP contribution is -2.43. The molecule has 0 spiro atoms. The van der Waals surface area contributed by atoms with Crippen molar-refractivity contribution >= 4 is 11.8 Å². The third-order valence-electron chi connectivity index (χ3n) is 2.03. The molecule has 0 bridgehead atoms. The van der Waals surface area contributed by atoms with Crippen molar-refractivity contribution in [1.82, 2.24) is 5.32 Å². The van der Waals surface area contributed by atoms with Crippen molar-refractivity contribution in [1.29, 1.82) is 0 Å². The summed E-state index contributed by atoms with van der Waals surface area (Å²) < 4.78 is 0. The molecule has 2 atom stereocenters. The Kier molecular flexibility index (Phi) is 3.05. The molecule has 1 N–H and O–H groups in total. The Morgan fingerprint density at radius 1 is 1.50 bits per heavy atom. The Bertz CT molecular complexity index is 103. The molecule has 1 rings (SSSR count). The third kappa shape index (κ3) is 1.89. The van der Waals surface area contributed by atoms with Crippen LogP contribution in [0.15, 0.2) is 0 Å². The Morgan fingerprint density at radius 3 is 2.60 bits per heavy atom. The summed E-state index contributed by atoms with van der Waals surface area (Å²) in [6.07, 6.45) is 0. The maximum atomic E-state index is 3.49. The van der Waals surface area contributed by atoms with Crippen molar-refractivity contribution in [2.45, 2.75) is 32.1 Å². The minimum absolute atomic E-state index is 0.707. The largest absolute Gasteiger partial charge is 0.312 e. The summed E-state index contributed by atoms with van der Waals surface area (Å²) in [6, 6.07) is 0.707. The molecule has 0 radical (unpaired) electrons. The third-order valence-corrected chi connectivity index (χ3v) is 3.81. The van der Waals surface area contributed by atoms with E-state index in [-0.39, 0.29) is 0 Å². The van der Waals surface area contributed by atoms with Gasteiger partial charge in [-0.2, -0.15) is 11.8 Å². The summed E-state index contributed by atoms with van der Waals surface area (Å²) in [5, 5.41) is 4.32. The van der Waals surface area contributed by atoms with Crippen molar-refractivity contribution in [3.05, 3.63) is 0 Å². The number of thioether (sulfide) groups is 1. The summed E-state index contributed by atoms with van der Waals surface area (Å²) in [4.78, 5) is 0. The SMILES string of the molecule is CC(C)C1SCCNC1C.